The highest BCUT2D eigenvalue weighted by molar-refractivity contribution is 6.30. The Balaban J connectivity index is 2.73. The summed E-state index contributed by atoms with van der Waals surface area (Å²) in [7, 11) is 3.46. The number of amides is 1. The van der Waals surface area contributed by atoms with Gasteiger partial charge in [0, 0.05) is 20.3 Å². The standard InChI is InChI=1S/C12H14ClN3O/c1-4-9-11(12(17)15(2)3)16-7-8(13)5-6-10(16)14-9/h5-7H,4H2,1-3H3. The second kappa shape index (κ2) is 4.37. The first-order chi connectivity index (χ1) is 8.04. The van der Waals surface area contributed by atoms with Gasteiger partial charge < -0.3 is 4.90 Å². The molecule has 0 spiro atoms. The van der Waals surface area contributed by atoms with E-state index in [1.165, 1.54) is 0 Å². The Bertz CT molecular complexity index is 574. The van der Waals surface area contributed by atoms with Crippen molar-refractivity contribution >= 4 is 23.2 Å². The van der Waals surface area contributed by atoms with Crippen LogP contribution in [0.4, 0.5) is 0 Å². The van der Waals surface area contributed by atoms with E-state index < -0.39 is 0 Å². The summed E-state index contributed by atoms with van der Waals surface area (Å²) in [5.74, 6) is -0.0587. The van der Waals surface area contributed by atoms with E-state index in [1.54, 1.807) is 35.7 Å². The summed E-state index contributed by atoms with van der Waals surface area (Å²) in [4.78, 5) is 18.1. The molecule has 90 valence electrons. The molecular formula is C12H14ClN3O. The molecule has 0 atom stereocenters. The quantitative estimate of drug-likeness (QED) is 0.821. The molecule has 0 fully saturated rings. The van der Waals surface area contributed by atoms with E-state index >= 15 is 0 Å². The van der Waals surface area contributed by atoms with E-state index in [1.807, 2.05) is 13.0 Å². The predicted molar refractivity (Wildman–Crippen MR) is 67.6 cm³/mol. The molecule has 0 saturated heterocycles. The van der Waals surface area contributed by atoms with Crippen LogP contribution in [-0.4, -0.2) is 34.3 Å². The Kier molecular flexibility index (Phi) is 3.07. The first-order valence-electron chi connectivity index (χ1n) is 5.42. The number of imidazole rings is 1. The Morgan fingerprint density at radius 2 is 2.18 bits per heavy atom. The third kappa shape index (κ3) is 2.00. The molecule has 5 heteroatoms. The fourth-order valence-electron chi connectivity index (χ4n) is 1.75. The zero-order valence-electron chi connectivity index (χ0n) is 10.1. The monoisotopic (exact) mass is 251 g/mol. The fraction of sp³-hybridized carbons (Fsp3) is 0.333. The van der Waals surface area contributed by atoms with Crippen LogP contribution in [0.15, 0.2) is 18.3 Å². The van der Waals surface area contributed by atoms with E-state index in [0.29, 0.717) is 17.1 Å². The minimum atomic E-state index is -0.0587. The highest BCUT2D eigenvalue weighted by Crippen LogP contribution is 2.18. The molecule has 17 heavy (non-hydrogen) atoms. The van der Waals surface area contributed by atoms with E-state index in [4.69, 9.17) is 11.6 Å². The second-order valence-corrected chi connectivity index (χ2v) is 4.47. The number of nitrogens with zero attached hydrogens (tertiary/aromatic N) is 3. The third-order valence-corrected chi connectivity index (χ3v) is 2.82. The van der Waals surface area contributed by atoms with Crippen molar-refractivity contribution in [1.82, 2.24) is 14.3 Å². The van der Waals surface area contributed by atoms with Gasteiger partial charge in [-0.05, 0) is 18.6 Å². The molecule has 0 N–H and O–H groups in total. The van der Waals surface area contributed by atoms with Gasteiger partial charge in [-0.2, -0.15) is 0 Å². The summed E-state index contributed by atoms with van der Waals surface area (Å²) < 4.78 is 1.75. The Hall–Kier alpha value is -1.55. The molecule has 2 aromatic rings. The normalized spacial score (nSPS) is 10.8. The Labute approximate surface area is 105 Å². The smallest absolute Gasteiger partial charge is 0.272 e. The number of aryl methyl sites for hydroxylation is 1. The average molecular weight is 252 g/mol. The highest BCUT2D eigenvalue weighted by atomic mass is 35.5. The molecule has 2 rings (SSSR count). The van der Waals surface area contributed by atoms with Crippen molar-refractivity contribution < 1.29 is 4.79 Å². The summed E-state index contributed by atoms with van der Waals surface area (Å²) in [5.41, 5.74) is 2.14. The number of halogens is 1. The van der Waals surface area contributed by atoms with Gasteiger partial charge in [0.05, 0.1) is 10.7 Å². The van der Waals surface area contributed by atoms with Crippen LogP contribution in [0.25, 0.3) is 5.65 Å². The maximum absolute atomic E-state index is 12.1. The maximum atomic E-state index is 12.1. The van der Waals surface area contributed by atoms with Crippen molar-refractivity contribution in [2.75, 3.05) is 14.1 Å². The van der Waals surface area contributed by atoms with Crippen molar-refractivity contribution in [2.24, 2.45) is 0 Å². The van der Waals surface area contributed by atoms with Crippen LogP contribution in [0, 0.1) is 0 Å². The van der Waals surface area contributed by atoms with Gasteiger partial charge in [-0.15, -0.1) is 0 Å². The highest BCUT2D eigenvalue weighted by Gasteiger charge is 2.19. The molecule has 0 aromatic carbocycles. The molecule has 2 aromatic heterocycles. The van der Waals surface area contributed by atoms with Crippen LogP contribution in [-0.2, 0) is 6.42 Å². The van der Waals surface area contributed by atoms with Gasteiger partial charge in [-0.1, -0.05) is 18.5 Å². The predicted octanol–water partition coefficient (Wildman–Crippen LogP) is 2.25. The minimum Gasteiger partial charge on any atom is -0.343 e. The second-order valence-electron chi connectivity index (χ2n) is 4.04. The Morgan fingerprint density at radius 3 is 2.76 bits per heavy atom. The van der Waals surface area contributed by atoms with Crippen LogP contribution < -0.4 is 0 Å². The van der Waals surface area contributed by atoms with Gasteiger partial charge in [0.1, 0.15) is 11.3 Å². The van der Waals surface area contributed by atoms with E-state index in [2.05, 4.69) is 4.98 Å². The van der Waals surface area contributed by atoms with E-state index in [0.717, 1.165) is 11.3 Å². The van der Waals surface area contributed by atoms with Crippen LogP contribution in [0.1, 0.15) is 23.1 Å². The maximum Gasteiger partial charge on any atom is 0.272 e. The van der Waals surface area contributed by atoms with E-state index in [9.17, 15) is 4.79 Å². The average Bonchev–Trinajstić information content (AvgIpc) is 2.65. The zero-order valence-corrected chi connectivity index (χ0v) is 10.8. The zero-order chi connectivity index (χ0) is 12.6. The number of rotatable bonds is 2. The van der Waals surface area contributed by atoms with Crippen molar-refractivity contribution in [3.63, 3.8) is 0 Å². The number of aromatic nitrogens is 2. The molecule has 1 amide bonds. The van der Waals surface area contributed by atoms with Gasteiger partial charge in [-0.3, -0.25) is 9.20 Å². The number of pyridine rings is 1. The number of fused-ring (bicyclic) bond motifs is 1. The molecule has 0 aliphatic heterocycles. The summed E-state index contributed by atoms with van der Waals surface area (Å²) in [5, 5.41) is 0.588. The van der Waals surface area contributed by atoms with Gasteiger partial charge >= 0.3 is 0 Å². The van der Waals surface area contributed by atoms with Crippen molar-refractivity contribution in [3.8, 4) is 0 Å². The van der Waals surface area contributed by atoms with Crippen molar-refractivity contribution in [3.05, 3.63) is 34.7 Å². The SMILES string of the molecule is CCc1nc2ccc(Cl)cn2c1C(=O)N(C)C. The third-order valence-electron chi connectivity index (χ3n) is 2.60. The van der Waals surface area contributed by atoms with Crippen molar-refractivity contribution in [2.45, 2.75) is 13.3 Å². The van der Waals surface area contributed by atoms with Crippen molar-refractivity contribution in [1.29, 1.82) is 0 Å². The number of carbonyl (C=O) groups excluding carboxylic acids is 1. The molecular weight excluding hydrogens is 238 g/mol. The lowest BCUT2D eigenvalue weighted by Gasteiger charge is -2.11. The number of hydrogen-bond acceptors (Lipinski definition) is 2. The van der Waals surface area contributed by atoms with Gasteiger partial charge in [0.15, 0.2) is 0 Å². The summed E-state index contributed by atoms with van der Waals surface area (Å²) in [6.07, 6.45) is 2.44. The molecule has 4 nitrogen and oxygen atoms in total. The fourth-order valence-corrected chi connectivity index (χ4v) is 1.91. The topological polar surface area (TPSA) is 37.6 Å². The lowest BCUT2D eigenvalue weighted by Crippen LogP contribution is -2.24. The molecule has 0 radical (unpaired) electrons. The van der Waals surface area contributed by atoms with Crippen LogP contribution >= 0.6 is 11.6 Å². The molecule has 2 heterocycles. The Morgan fingerprint density at radius 1 is 1.47 bits per heavy atom. The van der Waals surface area contributed by atoms with Gasteiger partial charge in [-0.25, -0.2) is 4.98 Å². The van der Waals surface area contributed by atoms with E-state index in [-0.39, 0.29) is 5.91 Å². The van der Waals surface area contributed by atoms with Gasteiger partial charge in [0.2, 0.25) is 0 Å². The van der Waals surface area contributed by atoms with Crippen LogP contribution in [0.3, 0.4) is 0 Å². The number of hydrogen-bond donors (Lipinski definition) is 0. The van der Waals surface area contributed by atoms with Gasteiger partial charge in [0.25, 0.3) is 5.91 Å². The minimum absolute atomic E-state index is 0.0587. The largest absolute Gasteiger partial charge is 0.343 e. The summed E-state index contributed by atoms with van der Waals surface area (Å²) in [6, 6.07) is 3.58. The van der Waals surface area contributed by atoms with Crippen LogP contribution in [0.2, 0.25) is 5.02 Å². The summed E-state index contributed by atoms with van der Waals surface area (Å²) >= 11 is 5.95. The number of carbonyl (C=O) groups is 1. The molecule has 0 aliphatic rings. The molecule has 0 aliphatic carbocycles. The molecule has 0 bridgehead atoms. The van der Waals surface area contributed by atoms with Crippen LogP contribution in [0.5, 0.6) is 0 Å². The summed E-state index contributed by atoms with van der Waals surface area (Å²) in [6.45, 7) is 1.98. The lowest BCUT2D eigenvalue weighted by atomic mass is 10.2. The first-order valence-corrected chi connectivity index (χ1v) is 5.80. The molecule has 0 saturated carbocycles. The lowest BCUT2D eigenvalue weighted by molar-refractivity contribution is 0.0820. The first kappa shape index (κ1) is 11.9. The molecule has 0 unspecified atom stereocenters.